The lowest BCUT2D eigenvalue weighted by Gasteiger charge is -2.29. The van der Waals surface area contributed by atoms with Gasteiger partial charge in [-0.05, 0) is 42.5 Å². The third-order valence-electron chi connectivity index (χ3n) is 4.91. The van der Waals surface area contributed by atoms with E-state index in [-0.39, 0.29) is 29.6 Å². The Labute approximate surface area is 168 Å². The number of carbonyl (C=O) groups is 1. The fourth-order valence-electron chi connectivity index (χ4n) is 3.13. The molecule has 2 N–H and O–H groups in total. The minimum Gasteiger partial charge on any atom is -0.396 e. The van der Waals surface area contributed by atoms with Gasteiger partial charge in [0.2, 0.25) is 0 Å². The summed E-state index contributed by atoms with van der Waals surface area (Å²) in [4.78, 5) is 23.3. The summed E-state index contributed by atoms with van der Waals surface area (Å²) in [5.74, 6) is 0.253. The standard InChI is InChI=1S/C20H24ClFN4O2/c1-12(11-27)7-19-23-9-15-5-6-26(10-18(15)25-19)20(28)24-13(2)14-3-4-16(21)17(22)8-14/h3-4,8-9,12-13,27H,5-7,10-11H2,1-2H3,(H,24,28)/t12-,13-/m1/s1. The first-order valence-electron chi connectivity index (χ1n) is 9.32. The largest absolute Gasteiger partial charge is 0.396 e. The summed E-state index contributed by atoms with van der Waals surface area (Å²) in [6.07, 6.45) is 3.09. The molecule has 1 aromatic carbocycles. The van der Waals surface area contributed by atoms with Gasteiger partial charge in [-0.15, -0.1) is 0 Å². The Morgan fingerprint density at radius 2 is 2.21 bits per heavy atom. The number of rotatable bonds is 5. The molecule has 2 atom stereocenters. The van der Waals surface area contributed by atoms with E-state index in [2.05, 4.69) is 15.3 Å². The molecule has 1 aliphatic heterocycles. The maximum Gasteiger partial charge on any atom is 0.318 e. The van der Waals surface area contributed by atoms with Crippen LogP contribution >= 0.6 is 11.6 Å². The van der Waals surface area contributed by atoms with Gasteiger partial charge in [0.15, 0.2) is 0 Å². The van der Waals surface area contributed by atoms with Gasteiger partial charge in [-0.2, -0.15) is 0 Å². The summed E-state index contributed by atoms with van der Waals surface area (Å²) in [5.41, 5.74) is 2.52. The van der Waals surface area contributed by atoms with Crippen molar-refractivity contribution in [2.45, 2.75) is 39.3 Å². The molecule has 1 aliphatic rings. The summed E-state index contributed by atoms with van der Waals surface area (Å²) in [6.45, 7) is 4.78. The molecule has 0 unspecified atom stereocenters. The van der Waals surface area contributed by atoms with Crippen molar-refractivity contribution in [3.8, 4) is 0 Å². The number of fused-ring (bicyclic) bond motifs is 1. The zero-order valence-corrected chi connectivity index (χ0v) is 16.7. The lowest BCUT2D eigenvalue weighted by atomic mass is 10.1. The Morgan fingerprint density at radius 3 is 2.93 bits per heavy atom. The van der Waals surface area contributed by atoms with Gasteiger partial charge in [-0.1, -0.05) is 24.6 Å². The maximum absolute atomic E-state index is 13.7. The highest BCUT2D eigenvalue weighted by molar-refractivity contribution is 6.30. The molecular formula is C20H24ClFN4O2. The van der Waals surface area contributed by atoms with Gasteiger partial charge in [0.1, 0.15) is 11.6 Å². The topological polar surface area (TPSA) is 78.4 Å². The van der Waals surface area contributed by atoms with Gasteiger partial charge in [0.05, 0.1) is 23.3 Å². The predicted molar refractivity (Wildman–Crippen MR) is 104 cm³/mol. The van der Waals surface area contributed by atoms with Gasteiger partial charge < -0.3 is 15.3 Å². The number of aliphatic hydroxyl groups excluding tert-OH is 1. The number of hydrogen-bond acceptors (Lipinski definition) is 4. The van der Waals surface area contributed by atoms with Crippen molar-refractivity contribution >= 4 is 17.6 Å². The van der Waals surface area contributed by atoms with Crippen LogP contribution in [0, 0.1) is 11.7 Å². The number of amides is 2. The predicted octanol–water partition coefficient (Wildman–Crippen LogP) is 3.27. The normalized spacial score (nSPS) is 15.7. The summed E-state index contributed by atoms with van der Waals surface area (Å²) in [6, 6.07) is 3.94. The Hall–Kier alpha value is -2.25. The lowest BCUT2D eigenvalue weighted by Crippen LogP contribution is -2.44. The van der Waals surface area contributed by atoms with Crippen molar-refractivity contribution in [3.63, 3.8) is 0 Å². The van der Waals surface area contributed by atoms with Crippen molar-refractivity contribution in [3.05, 3.63) is 57.9 Å². The van der Waals surface area contributed by atoms with Gasteiger partial charge in [-0.25, -0.2) is 19.2 Å². The van der Waals surface area contributed by atoms with Crippen LogP contribution in [0.4, 0.5) is 9.18 Å². The van der Waals surface area contributed by atoms with Crippen molar-refractivity contribution in [2.24, 2.45) is 5.92 Å². The fourth-order valence-corrected chi connectivity index (χ4v) is 3.25. The molecule has 0 saturated heterocycles. The van der Waals surface area contributed by atoms with E-state index in [1.807, 2.05) is 13.1 Å². The SMILES string of the molecule is C[C@@H](CO)Cc1ncc2c(n1)CN(C(=O)N[C@H](C)c1ccc(Cl)c(F)c1)CC2. The van der Waals surface area contributed by atoms with Crippen LogP contribution in [0.3, 0.4) is 0 Å². The van der Waals surface area contributed by atoms with Crippen LogP contribution in [-0.4, -0.2) is 39.2 Å². The molecule has 0 bridgehead atoms. The number of aromatic nitrogens is 2. The van der Waals surface area contributed by atoms with E-state index < -0.39 is 5.82 Å². The van der Waals surface area contributed by atoms with Crippen molar-refractivity contribution in [1.29, 1.82) is 0 Å². The highest BCUT2D eigenvalue weighted by Crippen LogP contribution is 2.22. The van der Waals surface area contributed by atoms with E-state index in [0.29, 0.717) is 37.3 Å². The van der Waals surface area contributed by atoms with Crippen LogP contribution < -0.4 is 5.32 Å². The van der Waals surface area contributed by atoms with E-state index >= 15 is 0 Å². The molecule has 0 aliphatic carbocycles. The number of nitrogens with zero attached hydrogens (tertiary/aromatic N) is 3. The molecular weight excluding hydrogens is 383 g/mol. The molecule has 150 valence electrons. The molecule has 0 radical (unpaired) electrons. The van der Waals surface area contributed by atoms with Crippen LogP contribution in [0.5, 0.6) is 0 Å². The Bertz CT molecular complexity index is 864. The number of aliphatic hydroxyl groups is 1. The molecule has 2 amide bonds. The van der Waals surface area contributed by atoms with E-state index in [4.69, 9.17) is 11.6 Å². The van der Waals surface area contributed by atoms with Gasteiger partial charge in [0, 0.05) is 25.8 Å². The van der Waals surface area contributed by atoms with E-state index in [0.717, 1.165) is 11.3 Å². The quantitative estimate of drug-likeness (QED) is 0.798. The molecule has 0 spiro atoms. The minimum atomic E-state index is -0.506. The fraction of sp³-hybridized carbons (Fsp3) is 0.450. The van der Waals surface area contributed by atoms with E-state index in [9.17, 15) is 14.3 Å². The Morgan fingerprint density at radius 1 is 1.43 bits per heavy atom. The maximum atomic E-state index is 13.7. The Kier molecular flexibility index (Phi) is 6.46. The monoisotopic (exact) mass is 406 g/mol. The minimum absolute atomic E-state index is 0.0564. The highest BCUT2D eigenvalue weighted by Gasteiger charge is 2.24. The van der Waals surface area contributed by atoms with Gasteiger partial charge in [0.25, 0.3) is 0 Å². The third kappa shape index (κ3) is 4.77. The molecule has 8 heteroatoms. The van der Waals surface area contributed by atoms with Gasteiger partial charge in [-0.3, -0.25) is 0 Å². The number of hydrogen-bond donors (Lipinski definition) is 2. The van der Waals surface area contributed by atoms with Crippen LogP contribution in [0.25, 0.3) is 0 Å². The average molecular weight is 407 g/mol. The summed E-state index contributed by atoms with van der Waals surface area (Å²) < 4.78 is 13.7. The average Bonchev–Trinajstić information content (AvgIpc) is 2.69. The van der Waals surface area contributed by atoms with Crippen LogP contribution in [-0.2, 0) is 19.4 Å². The second-order valence-corrected chi connectivity index (χ2v) is 7.67. The lowest BCUT2D eigenvalue weighted by molar-refractivity contribution is 0.188. The summed E-state index contributed by atoms with van der Waals surface area (Å²) in [7, 11) is 0. The zero-order valence-electron chi connectivity index (χ0n) is 16.0. The third-order valence-corrected chi connectivity index (χ3v) is 5.22. The zero-order chi connectivity index (χ0) is 20.3. The van der Waals surface area contributed by atoms with Crippen LogP contribution in [0.2, 0.25) is 5.02 Å². The number of halogens is 2. The van der Waals surface area contributed by atoms with Crippen molar-refractivity contribution in [2.75, 3.05) is 13.2 Å². The van der Waals surface area contributed by atoms with Crippen molar-refractivity contribution < 1.29 is 14.3 Å². The molecule has 3 rings (SSSR count). The summed E-state index contributed by atoms with van der Waals surface area (Å²) >= 11 is 5.72. The molecule has 6 nitrogen and oxygen atoms in total. The van der Waals surface area contributed by atoms with E-state index in [1.165, 1.54) is 12.1 Å². The second kappa shape index (κ2) is 8.84. The molecule has 2 aromatic rings. The number of benzene rings is 1. The Balaban J connectivity index is 1.66. The molecule has 0 fully saturated rings. The molecule has 0 saturated carbocycles. The van der Waals surface area contributed by atoms with Gasteiger partial charge >= 0.3 is 6.03 Å². The number of carbonyl (C=O) groups excluding carboxylic acids is 1. The summed E-state index contributed by atoms with van der Waals surface area (Å²) in [5, 5.41) is 12.2. The highest BCUT2D eigenvalue weighted by atomic mass is 35.5. The van der Waals surface area contributed by atoms with Crippen LogP contribution in [0.15, 0.2) is 24.4 Å². The first-order chi connectivity index (χ1) is 13.4. The van der Waals surface area contributed by atoms with Crippen molar-refractivity contribution in [1.82, 2.24) is 20.2 Å². The number of nitrogens with one attached hydrogen (secondary N) is 1. The molecule has 1 aromatic heterocycles. The smallest absolute Gasteiger partial charge is 0.318 e. The molecule has 28 heavy (non-hydrogen) atoms. The second-order valence-electron chi connectivity index (χ2n) is 7.27. The number of urea groups is 1. The molecule has 2 heterocycles. The first-order valence-corrected chi connectivity index (χ1v) is 9.70. The first kappa shape index (κ1) is 20.5. The van der Waals surface area contributed by atoms with E-state index in [1.54, 1.807) is 17.9 Å². The van der Waals surface area contributed by atoms with Crippen LogP contribution in [0.1, 0.15) is 42.5 Å².